The van der Waals surface area contributed by atoms with E-state index in [-0.39, 0.29) is 5.82 Å². The van der Waals surface area contributed by atoms with Crippen LogP contribution in [-0.4, -0.2) is 21.2 Å². The summed E-state index contributed by atoms with van der Waals surface area (Å²) < 4.78 is 4.38. The summed E-state index contributed by atoms with van der Waals surface area (Å²) in [5.74, 6) is -0.692. The van der Waals surface area contributed by atoms with Gasteiger partial charge in [0.25, 0.3) is 5.91 Å². The number of phenols is 1. The maximum atomic E-state index is 12.2. The van der Waals surface area contributed by atoms with Crippen LogP contribution < -0.4 is 11.1 Å². The lowest BCUT2D eigenvalue weighted by Gasteiger charge is -2.26. The SMILES string of the molecule is Cc1cc(NC(=O)c2noc(=O)[nH]2)cc(C)c1Cc1ccc(O)c2c1CCCC2C. The second-order valence-corrected chi connectivity index (χ2v) is 8.09. The molecule has 0 spiro atoms. The largest absolute Gasteiger partial charge is 0.508 e. The Bertz CT molecular complexity index is 1150. The molecule has 156 valence electrons. The van der Waals surface area contributed by atoms with E-state index >= 15 is 0 Å². The first kappa shape index (κ1) is 19.9. The molecule has 0 saturated heterocycles. The van der Waals surface area contributed by atoms with Crippen LogP contribution in [-0.2, 0) is 12.8 Å². The molecule has 1 heterocycles. The van der Waals surface area contributed by atoms with E-state index in [1.165, 1.54) is 16.7 Å². The Hall–Kier alpha value is -3.35. The summed E-state index contributed by atoms with van der Waals surface area (Å²) in [5, 5.41) is 16.5. The van der Waals surface area contributed by atoms with E-state index in [2.05, 4.69) is 26.9 Å². The van der Waals surface area contributed by atoms with E-state index < -0.39 is 11.7 Å². The Morgan fingerprint density at radius 1 is 1.30 bits per heavy atom. The Morgan fingerprint density at radius 2 is 2.03 bits per heavy atom. The second-order valence-electron chi connectivity index (χ2n) is 8.09. The molecule has 1 amide bonds. The van der Waals surface area contributed by atoms with Gasteiger partial charge in [0.15, 0.2) is 0 Å². The molecule has 0 saturated carbocycles. The second kappa shape index (κ2) is 7.82. The van der Waals surface area contributed by atoms with Gasteiger partial charge in [0.2, 0.25) is 5.82 Å². The minimum Gasteiger partial charge on any atom is -0.508 e. The summed E-state index contributed by atoms with van der Waals surface area (Å²) in [7, 11) is 0. The normalized spacial score (nSPS) is 15.6. The number of aryl methyl sites for hydroxylation is 2. The van der Waals surface area contributed by atoms with Gasteiger partial charge in [-0.25, -0.2) is 4.79 Å². The third-order valence-electron chi connectivity index (χ3n) is 5.96. The van der Waals surface area contributed by atoms with Crippen LogP contribution in [0, 0.1) is 13.8 Å². The molecule has 0 aliphatic heterocycles. The quantitative estimate of drug-likeness (QED) is 0.606. The molecule has 4 rings (SSSR count). The lowest BCUT2D eigenvalue weighted by atomic mass is 9.79. The van der Waals surface area contributed by atoms with Gasteiger partial charge in [-0.05, 0) is 96.6 Å². The number of fused-ring (bicyclic) bond motifs is 1. The lowest BCUT2D eigenvalue weighted by Crippen LogP contribution is -2.15. The van der Waals surface area contributed by atoms with Gasteiger partial charge in [0, 0.05) is 11.3 Å². The molecule has 1 atom stereocenters. The zero-order valence-corrected chi connectivity index (χ0v) is 17.3. The Balaban J connectivity index is 1.61. The summed E-state index contributed by atoms with van der Waals surface area (Å²) >= 11 is 0. The summed E-state index contributed by atoms with van der Waals surface area (Å²) in [6.45, 7) is 6.22. The molecule has 1 aromatic heterocycles. The minimum absolute atomic E-state index is 0.163. The minimum atomic E-state index is -0.769. The predicted octanol–water partition coefficient (Wildman–Crippen LogP) is 3.97. The topological polar surface area (TPSA) is 108 Å². The zero-order valence-electron chi connectivity index (χ0n) is 17.3. The fourth-order valence-electron chi connectivity index (χ4n) is 4.49. The maximum absolute atomic E-state index is 12.2. The number of aromatic amines is 1. The maximum Gasteiger partial charge on any atom is 0.439 e. The van der Waals surface area contributed by atoms with Gasteiger partial charge >= 0.3 is 5.76 Å². The summed E-state index contributed by atoms with van der Waals surface area (Å²) in [5.41, 5.74) is 7.57. The van der Waals surface area contributed by atoms with Gasteiger partial charge < -0.3 is 10.4 Å². The third-order valence-corrected chi connectivity index (χ3v) is 5.96. The molecule has 7 nitrogen and oxygen atoms in total. The highest BCUT2D eigenvalue weighted by Gasteiger charge is 2.23. The van der Waals surface area contributed by atoms with Crippen molar-refractivity contribution < 1.29 is 14.4 Å². The van der Waals surface area contributed by atoms with Gasteiger partial charge in [-0.1, -0.05) is 13.0 Å². The average Bonchev–Trinajstić information content (AvgIpc) is 3.13. The molecule has 0 bridgehead atoms. The van der Waals surface area contributed by atoms with Crippen molar-refractivity contribution >= 4 is 11.6 Å². The van der Waals surface area contributed by atoms with E-state index in [4.69, 9.17) is 0 Å². The molecule has 30 heavy (non-hydrogen) atoms. The lowest BCUT2D eigenvalue weighted by molar-refractivity contribution is 0.101. The first-order valence-corrected chi connectivity index (χ1v) is 10.1. The van der Waals surface area contributed by atoms with Crippen molar-refractivity contribution in [3.63, 3.8) is 0 Å². The first-order chi connectivity index (χ1) is 14.3. The van der Waals surface area contributed by atoms with Crippen molar-refractivity contribution in [2.24, 2.45) is 0 Å². The van der Waals surface area contributed by atoms with Crippen LogP contribution in [0.5, 0.6) is 5.75 Å². The molecule has 1 aliphatic rings. The van der Waals surface area contributed by atoms with Gasteiger partial charge in [0.05, 0.1) is 0 Å². The van der Waals surface area contributed by atoms with Crippen molar-refractivity contribution in [2.45, 2.75) is 52.4 Å². The number of nitrogens with one attached hydrogen (secondary N) is 2. The van der Waals surface area contributed by atoms with E-state index in [0.29, 0.717) is 17.4 Å². The van der Waals surface area contributed by atoms with Crippen LogP contribution in [0.1, 0.15) is 69.7 Å². The number of amides is 1. The number of aromatic nitrogens is 2. The molecule has 2 aromatic carbocycles. The number of H-pyrrole nitrogens is 1. The van der Waals surface area contributed by atoms with Crippen molar-refractivity contribution in [3.05, 3.63) is 74.0 Å². The van der Waals surface area contributed by atoms with Crippen LogP contribution >= 0.6 is 0 Å². The molecule has 7 heteroatoms. The van der Waals surface area contributed by atoms with E-state index in [1.807, 2.05) is 38.1 Å². The fraction of sp³-hybridized carbons (Fsp3) is 0.348. The van der Waals surface area contributed by atoms with Gasteiger partial charge in [-0.2, -0.15) is 0 Å². The zero-order chi connectivity index (χ0) is 21.4. The van der Waals surface area contributed by atoms with Crippen LogP contribution in [0.4, 0.5) is 5.69 Å². The van der Waals surface area contributed by atoms with Crippen molar-refractivity contribution in [3.8, 4) is 5.75 Å². The first-order valence-electron chi connectivity index (χ1n) is 10.1. The monoisotopic (exact) mass is 407 g/mol. The molecule has 0 radical (unpaired) electrons. The Labute approximate surface area is 174 Å². The van der Waals surface area contributed by atoms with Crippen LogP contribution in [0.25, 0.3) is 0 Å². The van der Waals surface area contributed by atoms with Crippen LogP contribution in [0.3, 0.4) is 0 Å². The summed E-state index contributed by atoms with van der Waals surface area (Å²) in [6, 6.07) is 7.66. The Kier molecular flexibility index (Phi) is 5.20. The van der Waals surface area contributed by atoms with Gasteiger partial charge in [-0.15, -0.1) is 0 Å². The summed E-state index contributed by atoms with van der Waals surface area (Å²) in [6.07, 6.45) is 4.01. The number of hydrogen-bond acceptors (Lipinski definition) is 5. The highest BCUT2D eigenvalue weighted by Crippen LogP contribution is 2.39. The predicted molar refractivity (Wildman–Crippen MR) is 113 cm³/mol. The number of carbonyl (C=O) groups excluding carboxylic acids is 1. The van der Waals surface area contributed by atoms with Crippen molar-refractivity contribution in [1.29, 1.82) is 0 Å². The molecule has 1 unspecified atom stereocenters. The van der Waals surface area contributed by atoms with E-state index in [1.54, 1.807) is 0 Å². The number of nitrogens with zero attached hydrogens (tertiary/aromatic N) is 1. The molecule has 0 fully saturated rings. The standard InChI is InChI=1S/C23H25N3O4/c1-12-5-4-6-17-15(7-8-19(27)20(12)17)11-18-13(2)9-16(10-14(18)3)24-22(28)21-25-23(29)30-26-21/h7-10,12,27H,4-6,11H2,1-3H3,(H,24,28)(H,25,26,29). The van der Waals surface area contributed by atoms with Crippen molar-refractivity contribution in [2.75, 3.05) is 5.32 Å². The number of hydrogen-bond donors (Lipinski definition) is 3. The van der Waals surface area contributed by atoms with Crippen LogP contribution in [0.2, 0.25) is 0 Å². The molecule has 1 aliphatic carbocycles. The molecular weight excluding hydrogens is 382 g/mol. The average molecular weight is 407 g/mol. The van der Waals surface area contributed by atoms with Crippen LogP contribution in [0.15, 0.2) is 33.6 Å². The third kappa shape index (κ3) is 3.75. The number of aromatic hydroxyl groups is 1. The number of anilines is 1. The number of carbonyl (C=O) groups is 1. The Morgan fingerprint density at radius 3 is 2.70 bits per heavy atom. The highest BCUT2D eigenvalue weighted by molar-refractivity contribution is 6.01. The molecule has 3 N–H and O–H groups in total. The smallest absolute Gasteiger partial charge is 0.439 e. The summed E-state index contributed by atoms with van der Waals surface area (Å²) in [4.78, 5) is 25.5. The van der Waals surface area contributed by atoms with Gasteiger partial charge in [-0.3, -0.25) is 14.3 Å². The number of benzene rings is 2. The van der Waals surface area contributed by atoms with E-state index in [0.717, 1.165) is 42.4 Å². The van der Waals surface area contributed by atoms with E-state index in [9.17, 15) is 14.7 Å². The van der Waals surface area contributed by atoms with Gasteiger partial charge in [0.1, 0.15) is 5.75 Å². The highest BCUT2D eigenvalue weighted by atomic mass is 16.5. The fourth-order valence-corrected chi connectivity index (χ4v) is 4.49. The number of phenolic OH excluding ortho intramolecular Hbond substituents is 1. The molecule has 3 aromatic rings. The van der Waals surface area contributed by atoms with Crippen molar-refractivity contribution in [1.82, 2.24) is 10.1 Å². The number of rotatable bonds is 4. The molecular formula is C23H25N3O4.